The number of nitrogens with one attached hydrogen (secondary N) is 1. The van der Waals surface area contributed by atoms with E-state index in [0.717, 1.165) is 12.3 Å². The van der Waals surface area contributed by atoms with Crippen LogP contribution in [-0.4, -0.2) is 27.0 Å². The zero-order chi connectivity index (χ0) is 13.8. The lowest BCUT2D eigenvalue weighted by Gasteiger charge is -2.17. The Bertz CT molecular complexity index is 430. The van der Waals surface area contributed by atoms with E-state index in [1.54, 1.807) is 13.0 Å². The minimum absolute atomic E-state index is 0.0598. The summed E-state index contributed by atoms with van der Waals surface area (Å²) < 4.78 is 0.250. The summed E-state index contributed by atoms with van der Waals surface area (Å²) in [7, 11) is 0. The van der Waals surface area contributed by atoms with Crippen molar-refractivity contribution in [2.24, 2.45) is 0 Å². The summed E-state index contributed by atoms with van der Waals surface area (Å²) in [5.74, 6) is 1.66. The lowest BCUT2D eigenvalue weighted by atomic mass is 10.2. The van der Waals surface area contributed by atoms with Crippen LogP contribution in [0.1, 0.15) is 26.3 Å². The maximum absolute atomic E-state index is 10.6. The summed E-state index contributed by atoms with van der Waals surface area (Å²) in [5.41, 5.74) is 0.686. The Hall–Kier alpha value is -1.30. The van der Waals surface area contributed by atoms with Crippen LogP contribution in [0, 0.1) is 17.0 Å². The van der Waals surface area contributed by atoms with Crippen LogP contribution in [-0.2, 0) is 0 Å². The van der Waals surface area contributed by atoms with Gasteiger partial charge in [-0.05, 0) is 13.0 Å². The second-order valence-electron chi connectivity index (χ2n) is 5.00. The molecule has 0 unspecified atom stereocenters. The Kier molecular flexibility index (Phi) is 4.95. The monoisotopic (exact) mass is 269 g/mol. The molecule has 1 aromatic rings. The molecule has 1 rings (SSSR count). The van der Waals surface area contributed by atoms with Crippen molar-refractivity contribution in [2.75, 3.05) is 17.6 Å². The number of pyridine rings is 1. The number of hydrogen-bond donors (Lipinski definition) is 1. The Morgan fingerprint density at radius 3 is 2.67 bits per heavy atom. The molecular weight excluding hydrogens is 250 g/mol. The topological polar surface area (TPSA) is 68.1 Å². The number of nitro groups is 1. The van der Waals surface area contributed by atoms with Crippen molar-refractivity contribution in [2.45, 2.75) is 32.4 Å². The van der Waals surface area contributed by atoms with Crippen molar-refractivity contribution in [3.05, 3.63) is 27.9 Å². The summed E-state index contributed by atoms with van der Waals surface area (Å²) in [6, 6.07) is 1.71. The largest absolute Gasteiger partial charge is 0.369 e. The molecule has 0 spiro atoms. The second-order valence-corrected chi connectivity index (χ2v) is 6.92. The number of nitrogens with zero attached hydrogens (tertiary/aromatic N) is 2. The van der Waals surface area contributed by atoms with Crippen LogP contribution in [0.3, 0.4) is 0 Å². The third-order valence-corrected chi connectivity index (χ3v) is 3.50. The zero-order valence-electron chi connectivity index (χ0n) is 11.2. The average Bonchev–Trinajstić information content (AvgIpc) is 2.22. The quantitative estimate of drug-likeness (QED) is 0.505. The molecule has 1 N–H and O–H groups in total. The summed E-state index contributed by atoms with van der Waals surface area (Å²) in [4.78, 5) is 14.3. The molecule has 0 radical (unpaired) electrons. The number of aromatic nitrogens is 1. The van der Waals surface area contributed by atoms with Gasteiger partial charge in [-0.2, -0.15) is 11.8 Å². The van der Waals surface area contributed by atoms with Gasteiger partial charge in [-0.15, -0.1) is 0 Å². The van der Waals surface area contributed by atoms with E-state index in [0.29, 0.717) is 11.4 Å². The summed E-state index contributed by atoms with van der Waals surface area (Å²) in [6.07, 6.45) is 1.30. The van der Waals surface area contributed by atoms with Crippen LogP contribution in [0.5, 0.6) is 0 Å². The first-order valence-electron chi connectivity index (χ1n) is 5.78. The van der Waals surface area contributed by atoms with Gasteiger partial charge in [0.1, 0.15) is 12.0 Å². The smallest absolute Gasteiger partial charge is 0.290 e. The first-order valence-corrected chi connectivity index (χ1v) is 6.77. The van der Waals surface area contributed by atoms with Gasteiger partial charge in [0.05, 0.1) is 4.92 Å². The Morgan fingerprint density at radius 1 is 1.50 bits per heavy atom. The van der Waals surface area contributed by atoms with Gasteiger partial charge in [0, 0.05) is 22.6 Å². The first kappa shape index (κ1) is 14.8. The van der Waals surface area contributed by atoms with E-state index in [9.17, 15) is 10.1 Å². The van der Waals surface area contributed by atoms with Crippen LogP contribution in [0.2, 0.25) is 0 Å². The molecule has 0 aliphatic rings. The van der Waals surface area contributed by atoms with E-state index >= 15 is 0 Å². The molecule has 0 fully saturated rings. The molecule has 0 atom stereocenters. The molecule has 0 amide bonds. The lowest BCUT2D eigenvalue weighted by molar-refractivity contribution is -0.385. The van der Waals surface area contributed by atoms with Gasteiger partial charge in [-0.1, -0.05) is 20.8 Å². The molecule has 0 aliphatic heterocycles. The number of rotatable bonds is 5. The molecule has 1 aromatic heterocycles. The van der Waals surface area contributed by atoms with Crippen LogP contribution < -0.4 is 5.32 Å². The van der Waals surface area contributed by atoms with E-state index in [-0.39, 0.29) is 10.4 Å². The highest BCUT2D eigenvalue weighted by molar-refractivity contribution is 8.00. The molecule has 0 aliphatic carbocycles. The molecule has 0 saturated heterocycles. The van der Waals surface area contributed by atoms with Crippen molar-refractivity contribution in [1.82, 2.24) is 4.98 Å². The third-order valence-electron chi connectivity index (χ3n) is 2.22. The van der Waals surface area contributed by atoms with Gasteiger partial charge in [-0.3, -0.25) is 10.1 Å². The highest BCUT2D eigenvalue weighted by Gasteiger charge is 2.12. The van der Waals surface area contributed by atoms with E-state index < -0.39 is 4.92 Å². The standard InChI is InChI=1S/C12H19N3O2S/c1-9-7-11(14-8-10(9)15(16)17)13-5-6-18-12(2,3)4/h7-8H,5-6H2,1-4H3,(H,13,14). The van der Waals surface area contributed by atoms with E-state index in [1.165, 1.54) is 6.20 Å². The molecule has 5 nitrogen and oxygen atoms in total. The van der Waals surface area contributed by atoms with Gasteiger partial charge >= 0.3 is 0 Å². The fourth-order valence-electron chi connectivity index (χ4n) is 1.37. The van der Waals surface area contributed by atoms with Crippen molar-refractivity contribution < 1.29 is 4.92 Å². The first-order chi connectivity index (χ1) is 8.29. The average molecular weight is 269 g/mol. The van der Waals surface area contributed by atoms with E-state index in [1.807, 2.05) is 11.8 Å². The van der Waals surface area contributed by atoms with Crippen LogP contribution >= 0.6 is 11.8 Å². The normalized spacial score (nSPS) is 11.3. The highest BCUT2D eigenvalue weighted by Crippen LogP contribution is 2.23. The molecule has 100 valence electrons. The van der Waals surface area contributed by atoms with E-state index in [4.69, 9.17) is 0 Å². The van der Waals surface area contributed by atoms with Crippen LogP contribution in [0.4, 0.5) is 11.5 Å². The Balaban J connectivity index is 2.49. The van der Waals surface area contributed by atoms with E-state index in [2.05, 4.69) is 31.1 Å². The molecule has 6 heteroatoms. The van der Waals surface area contributed by atoms with Gasteiger partial charge in [0.15, 0.2) is 0 Å². The molecule has 18 heavy (non-hydrogen) atoms. The summed E-state index contributed by atoms with van der Waals surface area (Å²) in [6.45, 7) is 9.03. The second kappa shape index (κ2) is 6.04. The van der Waals surface area contributed by atoms with Crippen molar-refractivity contribution in [3.63, 3.8) is 0 Å². The van der Waals surface area contributed by atoms with Gasteiger partial charge in [-0.25, -0.2) is 4.98 Å². The molecule has 1 heterocycles. The summed E-state index contributed by atoms with van der Waals surface area (Å²) in [5, 5.41) is 13.8. The molecule has 0 saturated carbocycles. The fraction of sp³-hybridized carbons (Fsp3) is 0.583. The predicted octanol–water partition coefficient (Wildman–Crippen LogP) is 3.24. The zero-order valence-corrected chi connectivity index (χ0v) is 12.0. The molecular formula is C12H19N3O2S. The molecule has 0 aromatic carbocycles. The Labute approximate surface area is 112 Å². The van der Waals surface area contributed by atoms with Crippen molar-refractivity contribution in [3.8, 4) is 0 Å². The lowest BCUT2D eigenvalue weighted by Crippen LogP contribution is -2.13. The number of anilines is 1. The minimum Gasteiger partial charge on any atom is -0.369 e. The SMILES string of the molecule is Cc1cc(NCCSC(C)(C)C)ncc1[N+](=O)[O-]. The minimum atomic E-state index is -0.415. The third kappa shape index (κ3) is 4.91. The van der Waals surface area contributed by atoms with Crippen LogP contribution in [0.15, 0.2) is 12.3 Å². The van der Waals surface area contributed by atoms with Gasteiger partial charge in [0.2, 0.25) is 0 Å². The van der Waals surface area contributed by atoms with Crippen LogP contribution in [0.25, 0.3) is 0 Å². The maximum Gasteiger partial charge on any atom is 0.290 e. The number of hydrogen-bond acceptors (Lipinski definition) is 5. The maximum atomic E-state index is 10.6. The number of aryl methyl sites for hydroxylation is 1. The fourth-order valence-corrected chi connectivity index (χ4v) is 2.19. The highest BCUT2D eigenvalue weighted by atomic mass is 32.2. The summed E-state index contributed by atoms with van der Waals surface area (Å²) >= 11 is 1.87. The predicted molar refractivity (Wildman–Crippen MR) is 76.3 cm³/mol. The van der Waals surface area contributed by atoms with Gasteiger partial charge in [0.25, 0.3) is 5.69 Å². The Morgan fingerprint density at radius 2 is 2.17 bits per heavy atom. The number of thioether (sulfide) groups is 1. The van der Waals surface area contributed by atoms with Gasteiger partial charge < -0.3 is 5.32 Å². The molecule has 0 bridgehead atoms. The van der Waals surface area contributed by atoms with Crippen molar-refractivity contribution in [1.29, 1.82) is 0 Å². The van der Waals surface area contributed by atoms with Crippen molar-refractivity contribution >= 4 is 23.3 Å².